The molecule has 0 aliphatic rings. The van der Waals surface area contributed by atoms with E-state index in [0.29, 0.717) is 30.0 Å². The molecule has 5 nitrogen and oxygen atoms in total. The topological polar surface area (TPSA) is 68.5 Å². The molecule has 160 valence electrons. The molecular weight excluding hydrogens is 390 g/mol. The highest BCUT2D eigenvalue weighted by atomic mass is 16.5. The minimum Gasteiger partial charge on any atom is -0.479 e. The molecule has 0 amide bonds. The zero-order chi connectivity index (χ0) is 22.2. The summed E-state index contributed by atoms with van der Waals surface area (Å²) in [6.07, 6.45) is 6.25. The molecule has 0 fully saturated rings. The lowest BCUT2D eigenvalue weighted by molar-refractivity contribution is -0.145. The second-order valence-corrected chi connectivity index (χ2v) is 7.25. The maximum Gasteiger partial charge on any atom is 0.344 e. The summed E-state index contributed by atoms with van der Waals surface area (Å²) in [5, 5.41) is 9.16. The Hall–Kier alpha value is -3.60. The molecule has 0 unspecified atom stereocenters. The Bertz CT molecular complexity index is 1060. The van der Waals surface area contributed by atoms with Gasteiger partial charge in [0.1, 0.15) is 5.75 Å². The molecule has 0 saturated heterocycles. The van der Waals surface area contributed by atoms with Crippen molar-refractivity contribution in [2.24, 2.45) is 0 Å². The van der Waals surface area contributed by atoms with Gasteiger partial charge in [0.15, 0.2) is 6.10 Å². The fourth-order valence-electron chi connectivity index (χ4n) is 3.29. The quantitative estimate of drug-likeness (QED) is 0.458. The minimum absolute atomic E-state index is 0.00396. The number of aryl methyl sites for hydroxylation is 1. The summed E-state index contributed by atoms with van der Waals surface area (Å²) in [6, 6.07) is 18.7. The molecular formula is C26H27NO4. The van der Waals surface area contributed by atoms with Crippen LogP contribution in [0.3, 0.4) is 0 Å². The number of ether oxygens (including phenoxy) is 1. The van der Waals surface area contributed by atoms with Gasteiger partial charge in [-0.05, 0) is 48.2 Å². The van der Waals surface area contributed by atoms with Gasteiger partial charge in [-0.2, -0.15) is 0 Å². The van der Waals surface area contributed by atoms with Crippen LogP contribution in [0.2, 0.25) is 0 Å². The second kappa shape index (κ2) is 10.4. The van der Waals surface area contributed by atoms with E-state index >= 15 is 0 Å². The van der Waals surface area contributed by atoms with E-state index in [9.17, 15) is 9.59 Å². The van der Waals surface area contributed by atoms with Gasteiger partial charge in [0.2, 0.25) is 5.78 Å². The van der Waals surface area contributed by atoms with Gasteiger partial charge in [0.25, 0.3) is 0 Å². The maximum atomic E-state index is 12.9. The first-order chi connectivity index (χ1) is 15.0. The van der Waals surface area contributed by atoms with Crippen molar-refractivity contribution in [1.29, 1.82) is 0 Å². The number of aliphatic carboxylic acids is 1. The molecule has 0 saturated carbocycles. The molecule has 3 rings (SSSR count). The van der Waals surface area contributed by atoms with E-state index in [1.807, 2.05) is 71.4 Å². The molecule has 3 aromatic rings. The number of nitrogens with zero attached hydrogens (tertiary/aromatic N) is 1. The molecule has 0 radical (unpaired) electrons. The number of hydrogen-bond acceptors (Lipinski definition) is 3. The van der Waals surface area contributed by atoms with E-state index in [0.717, 1.165) is 12.0 Å². The Morgan fingerprint density at radius 3 is 2.52 bits per heavy atom. The Kier molecular flexibility index (Phi) is 7.44. The van der Waals surface area contributed by atoms with E-state index < -0.39 is 12.1 Å². The van der Waals surface area contributed by atoms with Gasteiger partial charge in [-0.3, -0.25) is 4.79 Å². The molecule has 2 aromatic carbocycles. The van der Waals surface area contributed by atoms with Crippen LogP contribution in [0.15, 0.2) is 72.9 Å². The summed E-state index contributed by atoms with van der Waals surface area (Å²) in [5.74, 6) is -0.461. The summed E-state index contributed by atoms with van der Waals surface area (Å²) in [4.78, 5) is 24.1. The molecule has 1 N–H and O–H groups in total. The molecule has 0 aliphatic carbocycles. The first-order valence-electron chi connectivity index (χ1n) is 10.5. The van der Waals surface area contributed by atoms with Gasteiger partial charge in [-0.1, -0.05) is 62.4 Å². The Morgan fingerprint density at radius 1 is 1.06 bits per heavy atom. The van der Waals surface area contributed by atoms with Crippen LogP contribution in [0.4, 0.5) is 0 Å². The van der Waals surface area contributed by atoms with Crippen molar-refractivity contribution >= 4 is 17.8 Å². The van der Waals surface area contributed by atoms with E-state index in [1.54, 1.807) is 19.1 Å². The van der Waals surface area contributed by atoms with Gasteiger partial charge in [-0.15, -0.1) is 0 Å². The summed E-state index contributed by atoms with van der Waals surface area (Å²) in [7, 11) is 0. The highest BCUT2D eigenvalue weighted by Gasteiger charge is 2.16. The predicted octanol–water partition coefficient (Wildman–Crippen LogP) is 5.24. The Labute approximate surface area is 182 Å². The van der Waals surface area contributed by atoms with Crippen LogP contribution < -0.4 is 4.74 Å². The number of aromatic nitrogens is 1. The number of carbonyl (C=O) groups excluding carboxylic acids is 1. The minimum atomic E-state index is -0.974. The van der Waals surface area contributed by atoms with Crippen molar-refractivity contribution in [3.8, 4) is 5.75 Å². The zero-order valence-electron chi connectivity index (χ0n) is 17.8. The standard InChI is InChI=1S/C26H27NO4/c1-3-19-12-14-21(15-13-19)25(28)23-11-7-17-27(23)16-6-9-20-8-5-10-22(18-20)31-24(4-2)26(29)30/h5-15,17-18,24H,3-4,16H2,1-2H3,(H,29,30)/b9-6+/t24-/m0/s1. The summed E-state index contributed by atoms with van der Waals surface area (Å²) in [6.45, 7) is 4.40. The van der Waals surface area contributed by atoms with E-state index in [-0.39, 0.29) is 5.78 Å². The number of carboxylic acid groups (broad SMARTS) is 1. The van der Waals surface area contributed by atoms with Crippen molar-refractivity contribution < 1.29 is 19.4 Å². The lowest BCUT2D eigenvalue weighted by Gasteiger charge is -2.13. The summed E-state index contributed by atoms with van der Waals surface area (Å²) >= 11 is 0. The normalized spacial score (nSPS) is 12.1. The van der Waals surface area contributed by atoms with Crippen LogP contribution in [0, 0.1) is 0 Å². The molecule has 1 heterocycles. The van der Waals surface area contributed by atoms with Gasteiger partial charge in [-0.25, -0.2) is 4.79 Å². The van der Waals surface area contributed by atoms with E-state index in [1.165, 1.54) is 5.56 Å². The average molecular weight is 418 g/mol. The third-order valence-electron chi connectivity index (χ3n) is 5.08. The highest BCUT2D eigenvalue weighted by Crippen LogP contribution is 2.18. The molecule has 0 aliphatic heterocycles. The molecule has 1 aromatic heterocycles. The number of hydrogen-bond donors (Lipinski definition) is 1. The number of allylic oxidation sites excluding steroid dienone is 1. The maximum absolute atomic E-state index is 12.9. The number of carboxylic acids is 1. The molecule has 0 spiro atoms. The summed E-state index contributed by atoms with van der Waals surface area (Å²) < 4.78 is 7.46. The van der Waals surface area contributed by atoms with Gasteiger partial charge < -0.3 is 14.4 Å². The number of benzene rings is 2. The van der Waals surface area contributed by atoms with Crippen LogP contribution in [-0.2, 0) is 17.8 Å². The molecule has 0 bridgehead atoms. The van der Waals surface area contributed by atoms with E-state index in [2.05, 4.69) is 6.92 Å². The largest absolute Gasteiger partial charge is 0.479 e. The van der Waals surface area contributed by atoms with Crippen LogP contribution in [-0.4, -0.2) is 27.5 Å². The van der Waals surface area contributed by atoms with Gasteiger partial charge >= 0.3 is 5.97 Å². The van der Waals surface area contributed by atoms with E-state index in [4.69, 9.17) is 9.84 Å². The van der Waals surface area contributed by atoms with Crippen molar-refractivity contribution in [3.05, 3.63) is 95.3 Å². The SMILES string of the molecule is CCc1ccc(C(=O)c2cccn2C/C=C/c2cccc(O[C@@H](CC)C(=O)O)c2)cc1. The van der Waals surface area contributed by atoms with Crippen LogP contribution in [0.5, 0.6) is 5.75 Å². The fourth-order valence-corrected chi connectivity index (χ4v) is 3.29. The predicted molar refractivity (Wildman–Crippen MR) is 122 cm³/mol. The zero-order valence-corrected chi connectivity index (χ0v) is 17.8. The third-order valence-corrected chi connectivity index (χ3v) is 5.08. The summed E-state index contributed by atoms with van der Waals surface area (Å²) in [5.41, 5.74) is 3.41. The van der Waals surface area contributed by atoms with Gasteiger partial charge in [0, 0.05) is 18.3 Å². The smallest absolute Gasteiger partial charge is 0.344 e. The number of ketones is 1. The first-order valence-corrected chi connectivity index (χ1v) is 10.5. The molecule has 31 heavy (non-hydrogen) atoms. The third kappa shape index (κ3) is 5.72. The van der Waals surface area contributed by atoms with Crippen molar-refractivity contribution in [1.82, 2.24) is 4.57 Å². The monoisotopic (exact) mass is 417 g/mol. The van der Waals surface area contributed by atoms with Crippen LogP contribution in [0.25, 0.3) is 6.08 Å². The first kappa shape index (κ1) is 22.1. The fraction of sp³-hybridized carbons (Fsp3) is 0.231. The lowest BCUT2D eigenvalue weighted by Crippen LogP contribution is -2.25. The van der Waals surface area contributed by atoms with Gasteiger partial charge in [0.05, 0.1) is 5.69 Å². The molecule has 5 heteroatoms. The number of carbonyl (C=O) groups is 2. The lowest BCUT2D eigenvalue weighted by atomic mass is 10.0. The average Bonchev–Trinajstić information content (AvgIpc) is 3.25. The van der Waals surface area contributed by atoms with Crippen molar-refractivity contribution in [3.63, 3.8) is 0 Å². The molecule has 1 atom stereocenters. The second-order valence-electron chi connectivity index (χ2n) is 7.25. The van der Waals surface area contributed by atoms with Crippen molar-refractivity contribution in [2.45, 2.75) is 39.3 Å². The van der Waals surface area contributed by atoms with Crippen LogP contribution in [0.1, 0.15) is 47.4 Å². The van der Waals surface area contributed by atoms with Crippen LogP contribution >= 0.6 is 0 Å². The Balaban J connectivity index is 1.68. The number of rotatable bonds is 10. The Morgan fingerprint density at radius 2 is 1.84 bits per heavy atom. The van der Waals surface area contributed by atoms with Crippen molar-refractivity contribution in [2.75, 3.05) is 0 Å². The highest BCUT2D eigenvalue weighted by molar-refractivity contribution is 6.08.